The predicted molar refractivity (Wildman–Crippen MR) is 88.5 cm³/mol. The van der Waals surface area contributed by atoms with E-state index in [0.717, 1.165) is 12.6 Å². The maximum Gasteiger partial charge on any atom is 0.0499 e. The van der Waals surface area contributed by atoms with Crippen molar-refractivity contribution in [1.29, 1.82) is 0 Å². The lowest BCUT2D eigenvalue weighted by Crippen LogP contribution is -2.66. The molecule has 2 N–H and O–H groups in total. The van der Waals surface area contributed by atoms with Crippen LogP contribution in [-0.4, -0.2) is 77.6 Å². The number of fused-ring (bicyclic) bond motifs is 1. The lowest BCUT2D eigenvalue weighted by atomic mass is 9.83. The van der Waals surface area contributed by atoms with Crippen LogP contribution in [0.3, 0.4) is 0 Å². The zero-order chi connectivity index (χ0) is 15.1. The van der Waals surface area contributed by atoms with Crippen molar-refractivity contribution in [3.63, 3.8) is 0 Å². The summed E-state index contributed by atoms with van der Waals surface area (Å²) in [7, 11) is 0. The molecule has 3 aliphatic heterocycles. The smallest absolute Gasteiger partial charge is 0.0499 e. The first-order chi connectivity index (χ1) is 9.97. The van der Waals surface area contributed by atoms with Crippen LogP contribution in [0.4, 0.5) is 0 Å². The van der Waals surface area contributed by atoms with Gasteiger partial charge < -0.3 is 5.73 Å². The van der Waals surface area contributed by atoms with Crippen LogP contribution in [0, 0.1) is 0 Å². The van der Waals surface area contributed by atoms with Gasteiger partial charge in [-0.3, -0.25) is 14.7 Å². The highest BCUT2D eigenvalue weighted by Crippen LogP contribution is 2.39. The number of hydrogen-bond donors (Lipinski definition) is 1. The fourth-order valence-electron chi connectivity index (χ4n) is 4.93. The molecule has 0 aromatic rings. The van der Waals surface area contributed by atoms with Crippen molar-refractivity contribution >= 4 is 0 Å². The molecule has 3 heterocycles. The molecule has 0 bridgehead atoms. The molecule has 0 amide bonds. The van der Waals surface area contributed by atoms with Gasteiger partial charge in [-0.05, 0) is 46.6 Å². The van der Waals surface area contributed by atoms with E-state index in [2.05, 4.69) is 35.5 Å². The second-order valence-electron chi connectivity index (χ2n) is 8.25. The first-order valence-corrected chi connectivity index (χ1v) is 8.92. The first-order valence-electron chi connectivity index (χ1n) is 8.92. The van der Waals surface area contributed by atoms with Gasteiger partial charge in [-0.25, -0.2) is 0 Å². The summed E-state index contributed by atoms with van der Waals surface area (Å²) in [5.74, 6) is 0. The minimum Gasteiger partial charge on any atom is -0.329 e. The van der Waals surface area contributed by atoms with Crippen molar-refractivity contribution < 1.29 is 0 Å². The van der Waals surface area contributed by atoms with Crippen LogP contribution in [0.25, 0.3) is 0 Å². The van der Waals surface area contributed by atoms with Crippen LogP contribution < -0.4 is 5.73 Å². The normalized spacial score (nSPS) is 36.9. The van der Waals surface area contributed by atoms with Crippen LogP contribution in [0.2, 0.25) is 0 Å². The van der Waals surface area contributed by atoms with Gasteiger partial charge in [0.25, 0.3) is 0 Å². The van der Waals surface area contributed by atoms with E-state index >= 15 is 0 Å². The van der Waals surface area contributed by atoms with Gasteiger partial charge in [-0.1, -0.05) is 6.42 Å². The second-order valence-corrected chi connectivity index (χ2v) is 8.25. The van der Waals surface area contributed by atoms with E-state index in [1.54, 1.807) is 0 Å². The Hall–Kier alpha value is -0.160. The number of piperidine rings is 1. The van der Waals surface area contributed by atoms with E-state index in [1.165, 1.54) is 65.0 Å². The largest absolute Gasteiger partial charge is 0.329 e. The van der Waals surface area contributed by atoms with Gasteiger partial charge in [0.1, 0.15) is 0 Å². The Morgan fingerprint density at radius 3 is 2.33 bits per heavy atom. The van der Waals surface area contributed by atoms with Gasteiger partial charge in [0.2, 0.25) is 0 Å². The third-order valence-electron chi connectivity index (χ3n) is 6.28. The van der Waals surface area contributed by atoms with Crippen LogP contribution in [0.1, 0.15) is 46.5 Å². The summed E-state index contributed by atoms with van der Waals surface area (Å²) in [6.45, 7) is 15.2. The summed E-state index contributed by atoms with van der Waals surface area (Å²) in [6.07, 6.45) is 5.42. The Bertz CT molecular complexity index is 356. The summed E-state index contributed by atoms with van der Waals surface area (Å²) in [5.41, 5.74) is 6.91. The molecule has 122 valence electrons. The van der Waals surface area contributed by atoms with E-state index in [0.29, 0.717) is 5.54 Å². The van der Waals surface area contributed by atoms with Crippen molar-refractivity contribution in [2.75, 3.05) is 45.8 Å². The Morgan fingerprint density at radius 1 is 1.00 bits per heavy atom. The lowest BCUT2D eigenvalue weighted by molar-refractivity contribution is -0.0180. The summed E-state index contributed by atoms with van der Waals surface area (Å²) in [4.78, 5) is 8.11. The maximum atomic E-state index is 6.35. The highest BCUT2D eigenvalue weighted by molar-refractivity contribution is 5.09. The van der Waals surface area contributed by atoms with Crippen molar-refractivity contribution in [3.8, 4) is 0 Å². The van der Waals surface area contributed by atoms with E-state index < -0.39 is 0 Å². The molecule has 3 aliphatic rings. The van der Waals surface area contributed by atoms with Gasteiger partial charge >= 0.3 is 0 Å². The van der Waals surface area contributed by atoms with Crippen LogP contribution in [0.5, 0.6) is 0 Å². The van der Waals surface area contributed by atoms with Crippen molar-refractivity contribution in [3.05, 3.63) is 0 Å². The van der Waals surface area contributed by atoms with Crippen LogP contribution >= 0.6 is 0 Å². The molecule has 3 fully saturated rings. The summed E-state index contributed by atoms with van der Waals surface area (Å²) in [5, 5.41) is 0. The maximum absolute atomic E-state index is 6.35. The SMILES string of the molecule is CC(C)(C)N1CCN(C2(CN)CCN3CCCCC32)CC1. The molecule has 2 unspecified atom stereocenters. The van der Waals surface area contributed by atoms with Gasteiger partial charge in [0.05, 0.1) is 0 Å². The number of hydrogen-bond acceptors (Lipinski definition) is 4. The highest BCUT2D eigenvalue weighted by Gasteiger charge is 2.51. The lowest BCUT2D eigenvalue weighted by Gasteiger charge is -2.52. The minimum absolute atomic E-state index is 0.268. The second kappa shape index (κ2) is 5.80. The topological polar surface area (TPSA) is 35.7 Å². The van der Waals surface area contributed by atoms with E-state index in [4.69, 9.17) is 5.73 Å². The average molecular weight is 294 g/mol. The third-order valence-corrected chi connectivity index (χ3v) is 6.28. The fourth-order valence-corrected chi connectivity index (χ4v) is 4.93. The van der Waals surface area contributed by atoms with Crippen molar-refractivity contribution in [1.82, 2.24) is 14.7 Å². The Labute approximate surface area is 130 Å². The molecule has 0 radical (unpaired) electrons. The van der Waals surface area contributed by atoms with Gasteiger partial charge in [-0.15, -0.1) is 0 Å². The molecule has 3 saturated heterocycles. The van der Waals surface area contributed by atoms with Gasteiger partial charge in [0.15, 0.2) is 0 Å². The van der Waals surface area contributed by atoms with Gasteiger partial charge in [0, 0.05) is 56.4 Å². The van der Waals surface area contributed by atoms with E-state index in [9.17, 15) is 0 Å². The fraction of sp³-hybridized carbons (Fsp3) is 1.00. The molecule has 4 nitrogen and oxygen atoms in total. The van der Waals surface area contributed by atoms with E-state index in [-0.39, 0.29) is 5.54 Å². The molecule has 21 heavy (non-hydrogen) atoms. The molecular weight excluding hydrogens is 260 g/mol. The summed E-state index contributed by atoms with van der Waals surface area (Å²) >= 11 is 0. The third kappa shape index (κ3) is 2.76. The molecular formula is C17H34N4. The molecule has 2 atom stereocenters. The first kappa shape index (κ1) is 15.7. The standard InChI is InChI=1S/C17H34N4/c1-16(2,3)20-10-12-21(13-11-20)17(14-18)7-9-19-8-5-4-6-15(17)19/h15H,4-14,18H2,1-3H3. The molecule has 0 aromatic heterocycles. The van der Waals surface area contributed by atoms with Crippen molar-refractivity contribution in [2.24, 2.45) is 5.73 Å². The monoisotopic (exact) mass is 294 g/mol. The molecule has 3 rings (SSSR count). The van der Waals surface area contributed by atoms with Crippen LogP contribution in [-0.2, 0) is 0 Å². The quantitative estimate of drug-likeness (QED) is 0.834. The summed E-state index contributed by atoms with van der Waals surface area (Å²) in [6, 6.07) is 0.720. The molecule has 0 spiro atoms. The average Bonchev–Trinajstić information content (AvgIpc) is 2.86. The van der Waals surface area contributed by atoms with Gasteiger partial charge in [-0.2, -0.15) is 0 Å². The number of nitrogens with two attached hydrogens (primary N) is 1. The zero-order valence-corrected chi connectivity index (χ0v) is 14.3. The Kier molecular flexibility index (Phi) is 4.34. The Morgan fingerprint density at radius 2 is 1.71 bits per heavy atom. The number of nitrogens with zero attached hydrogens (tertiary/aromatic N) is 3. The zero-order valence-electron chi connectivity index (χ0n) is 14.3. The molecule has 4 heteroatoms. The number of piperazine rings is 1. The summed E-state index contributed by atoms with van der Waals surface area (Å²) < 4.78 is 0. The predicted octanol–water partition coefficient (Wildman–Crippen LogP) is 1.36. The van der Waals surface area contributed by atoms with Crippen LogP contribution in [0.15, 0.2) is 0 Å². The molecule has 0 saturated carbocycles. The minimum atomic E-state index is 0.268. The molecule has 0 aromatic carbocycles. The van der Waals surface area contributed by atoms with Crippen molar-refractivity contribution in [2.45, 2.75) is 63.6 Å². The number of rotatable bonds is 2. The Balaban J connectivity index is 1.70. The molecule has 0 aliphatic carbocycles. The highest BCUT2D eigenvalue weighted by atomic mass is 15.4. The van der Waals surface area contributed by atoms with E-state index in [1.807, 2.05) is 0 Å².